The summed E-state index contributed by atoms with van der Waals surface area (Å²) in [5, 5.41) is 3.41. The molecule has 1 N–H and O–H groups in total. The van der Waals surface area contributed by atoms with Gasteiger partial charge in [-0.05, 0) is 50.3 Å². The first-order valence-electron chi connectivity index (χ1n) is 8.73. The van der Waals surface area contributed by atoms with Crippen molar-refractivity contribution in [3.8, 4) is 0 Å². The number of piperidine rings is 1. The van der Waals surface area contributed by atoms with E-state index in [1.807, 2.05) is 23.1 Å². The summed E-state index contributed by atoms with van der Waals surface area (Å²) in [5.41, 5.74) is 1.47. The van der Waals surface area contributed by atoms with E-state index < -0.39 is 0 Å². The zero-order chi connectivity index (χ0) is 16.3. The Bertz CT molecular complexity index is 525. The van der Waals surface area contributed by atoms with E-state index in [0.29, 0.717) is 19.1 Å². The molecule has 1 aliphatic heterocycles. The number of nitrogens with zero attached hydrogens (tertiary/aromatic N) is 1. The molecule has 1 aliphatic carbocycles. The van der Waals surface area contributed by atoms with Crippen molar-refractivity contribution in [3.05, 3.63) is 35.9 Å². The molecular formula is C19H28N2O2. The summed E-state index contributed by atoms with van der Waals surface area (Å²) in [4.78, 5) is 15.2. The molecule has 23 heavy (non-hydrogen) atoms. The van der Waals surface area contributed by atoms with Crippen molar-refractivity contribution in [3.63, 3.8) is 0 Å². The number of benzene rings is 1. The number of amides is 1. The van der Waals surface area contributed by atoms with Gasteiger partial charge in [-0.15, -0.1) is 0 Å². The van der Waals surface area contributed by atoms with E-state index in [-0.39, 0.29) is 17.4 Å². The fourth-order valence-corrected chi connectivity index (χ4v) is 3.97. The molecule has 4 nitrogen and oxygen atoms in total. The molecule has 2 unspecified atom stereocenters. The molecule has 2 fully saturated rings. The third kappa shape index (κ3) is 3.43. The molecule has 1 spiro atoms. The maximum absolute atomic E-state index is 13.1. The first kappa shape index (κ1) is 16.5. The van der Waals surface area contributed by atoms with Crippen LogP contribution in [0.15, 0.2) is 30.3 Å². The van der Waals surface area contributed by atoms with Crippen LogP contribution in [-0.4, -0.2) is 44.2 Å². The summed E-state index contributed by atoms with van der Waals surface area (Å²) < 4.78 is 5.24. The van der Waals surface area contributed by atoms with E-state index in [1.54, 1.807) is 7.11 Å². The quantitative estimate of drug-likeness (QED) is 0.877. The summed E-state index contributed by atoms with van der Waals surface area (Å²) in [6, 6.07) is 10.4. The lowest BCUT2D eigenvalue weighted by atomic mass is 9.91. The number of rotatable bonds is 6. The van der Waals surface area contributed by atoms with Gasteiger partial charge >= 0.3 is 0 Å². The SMILES string of the molecule is COCCN(C(=O)C1CC12CCNCC2)C(C)c1ccccc1. The van der Waals surface area contributed by atoms with Gasteiger partial charge in [0.2, 0.25) is 5.91 Å². The zero-order valence-corrected chi connectivity index (χ0v) is 14.3. The zero-order valence-electron chi connectivity index (χ0n) is 14.3. The third-order valence-electron chi connectivity index (χ3n) is 5.66. The van der Waals surface area contributed by atoms with Crippen LogP contribution in [0, 0.1) is 11.3 Å². The van der Waals surface area contributed by atoms with Crippen molar-refractivity contribution < 1.29 is 9.53 Å². The smallest absolute Gasteiger partial charge is 0.226 e. The molecule has 2 aliphatic rings. The highest BCUT2D eigenvalue weighted by molar-refractivity contribution is 5.83. The second kappa shape index (κ2) is 7.02. The number of carbonyl (C=O) groups excluding carboxylic acids is 1. The van der Waals surface area contributed by atoms with Crippen LogP contribution < -0.4 is 5.32 Å². The molecule has 0 aromatic heterocycles. The molecule has 1 aromatic carbocycles. The molecule has 1 heterocycles. The fraction of sp³-hybridized carbons (Fsp3) is 0.632. The van der Waals surface area contributed by atoms with E-state index in [2.05, 4.69) is 24.4 Å². The minimum Gasteiger partial charge on any atom is -0.383 e. The molecule has 0 bridgehead atoms. The summed E-state index contributed by atoms with van der Waals surface area (Å²) in [7, 11) is 1.70. The summed E-state index contributed by atoms with van der Waals surface area (Å²) >= 11 is 0. The van der Waals surface area contributed by atoms with Crippen molar-refractivity contribution in [1.29, 1.82) is 0 Å². The van der Waals surface area contributed by atoms with Gasteiger partial charge in [0.15, 0.2) is 0 Å². The molecule has 4 heteroatoms. The molecule has 0 radical (unpaired) electrons. The van der Waals surface area contributed by atoms with Crippen LogP contribution in [0.25, 0.3) is 0 Å². The topological polar surface area (TPSA) is 41.6 Å². The van der Waals surface area contributed by atoms with Gasteiger partial charge in [-0.2, -0.15) is 0 Å². The highest BCUT2D eigenvalue weighted by atomic mass is 16.5. The third-order valence-corrected chi connectivity index (χ3v) is 5.66. The van der Waals surface area contributed by atoms with E-state index in [4.69, 9.17) is 4.74 Å². The Labute approximate surface area is 139 Å². The standard InChI is InChI=1S/C19H28N2O2/c1-15(16-6-4-3-5-7-16)21(12-13-23-2)18(22)17-14-19(17)8-10-20-11-9-19/h3-7,15,17,20H,8-14H2,1-2H3. The predicted molar refractivity (Wildman–Crippen MR) is 91.1 cm³/mol. The van der Waals surface area contributed by atoms with Gasteiger partial charge in [-0.3, -0.25) is 4.79 Å². The van der Waals surface area contributed by atoms with Gasteiger partial charge in [-0.1, -0.05) is 30.3 Å². The van der Waals surface area contributed by atoms with Gasteiger partial charge in [-0.25, -0.2) is 0 Å². The van der Waals surface area contributed by atoms with Gasteiger partial charge in [0, 0.05) is 19.6 Å². The van der Waals surface area contributed by atoms with Crippen LogP contribution in [0.4, 0.5) is 0 Å². The molecule has 1 saturated carbocycles. The maximum Gasteiger partial charge on any atom is 0.226 e. The lowest BCUT2D eigenvalue weighted by Gasteiger charge is -2.31. The average molecular weight is 316 g/mol. The Morgan fingerprint density at radius 2 is 2.04 bits per heavy atom. The van der Waals surface area contributed by atoms with Crippen molar-refractivity contribution in [1.82, 2.24) is 10.2 Å². The number of methoxy groups -OCH3 is 1. The van der Waals surface area contributed by atoms with E-state index in [9.17, 15) is 4.79 Å². The summed E-state index contributed by atoms with van der Waals surface area (Å²) in [5.74, 6) is 0.535. The largest absolute Gasteiger partial charge is 0.383 e. The van der Waals surface area contributed by atoms with Crippen LogP contribution in [-0.2, 0) is 9.53 Å². The van der Waals surface area contributed by atoms with Crippen molar-refractivity contribution in [2.24, 2.45) is 11.3 Å². The Morgan fingerprint density at radius 1 is 1.35 bits per heavy atom. The Hall–Kier alpha value is -1.39. The van der Waals surface area contributed by atoms with E-state index in [0.717, 1.165) is 32.4 Å². The van der Waals surface area contributed by atoms with Crippen LogP contribution >= 0.6 is 0 Å². The fourth-order valence-electron chi connectivity index (χ4n) is 3.97. The van der Waals surface area contributed by atoms with Gasteiger partial charge < -0.3 is 15.0 Å². The van der Waals surface area contributed by atoms with Crippen LogP contribution in [0.5, 0.6) is 0 Å². The van der Waals surface area contributed by atoms with Crippen LogP contribution in [0.2, 0.25) is 0 Å². The Balaban J connectivity index is 1.72. The maximum atomic E-state index is 13.1. The number of hydrogen-bond acceptors (Lipinski definition) is 3. The van der Waals surface area contributed by atoms with E-state index in [1.165, 1.54) is 5.56 Å². The second-order valence-corrected chi connectivity index (χ2v) is 6.98. The van der Waals surface area contributed by atoms with Crippen molar-refractivity contribution in [2.75, 3.05) is 33.4 Å². The Morgan fingerprint density at radius 3 is 2.70 bits per heavy atom. The van der Waals surface area contributed by atoms with Crippen molar-refractivity contribution >= 4 is 5.91 Å². The minimum atomic E-state index is 0.0956. The summed E-state index contributed by atoms with van der Waals surface area (Å²) in [6.45, 7) is 5.48. The highest BCUT2D eigenvalue weighted by Gasteiger charge is 2.58. The number of nitrogens with one attached hydrogen (secondary N) is 1. The molecule has 2 atom stereocenters. The lowest BCUT2D eigenvalue weighted by molar-refractivity contribution is -0.136. The van der Waals surface area contributed by atoms with Crippen LogP contribution in [0.1, 0.15) is 37.8 Å². The van der Waals surface area contributed by atoms with Gasteiger partial charge in [0.25, 0.3) is 0 Å². The normalized spacial score (nSPS) is 23.5. The number of carbonyl (C=O) groups is 1. The first-order chi connectivity index (χ1) is 11.2. The van der Waals surface area contributed by atoms with Gasteiger partial charge in [0.1, 0.15) is 0 Å². The molecule has 3 rings (SSSR count). The van der Waals surface area contributed by atoms with Crippen molar-refractivity contribution in [2.45, 2.75) is 32.2 Å². The number of hydrogen-bond donors (Lipinski definition) is 1. The van der Waals surface area contributed by atoms with Gasteiger partial charge in [0.05, 0.1) is 12.6 Å². The highest BCUT2D eigenvalue weighted by Crippen LogP contribution is 2.59. The monoisotopic (exact) mass is 316 g/mol. The summed E-state index contributed by atoms with van der Waals surface area (Å²) in [6.07, 6.45) is 3.35. The van der Waals surface area contributed by atoms with E-state index >= 15 is 0 Å². The first-order valence-corrected chi connectivity index (χ1v) is 8.73. The number of ether oxygens (including phenoxy) is 1. The van der Waals surface area contributed by atoms with Crippen LogP contribution in [0.3, 0.4) is 0 Å². The predicted octanol–water partition coefficient (Wildman–Crippen LogP) is 2.61. The Kier molecular flexibility index (Phi) is 5.02. The molecular weight excluding hydrogens is 288 g/mol. The lowest BCUT2D eigenvalue weighted by Crippen LogP contribution is -2.39. The molecule has 126 valence electrons. The second-order valence-electron chi connectivity index (χ2n) is 6.98. The molecule has 1 aromatic rings. The molecule has 1 saturated heterocycles. The average Bonchev–Trinajstić information content (AvgIpc) is 3.29. The minimum absolute atomic E-state index is 0.0956. The molecule has 1 amide bonds.